The molecule has 0 unspecified atom stereocenters. The van der Waals surface area contributed by atoms with E-state index in [4.69, 9.17) is 0 Å². The molecular weight excluding hydrogens is 340 g/mol. The van der Waals surface area contributed by atoms with Crippen LogP contribution >= 0.6 is 23.1 Å². The largest absolute Gasteiger partial charge is 0.321 e. The molecule has 0 aliphatic rings. The lowest BCUT2D eigenvalue weighted by atomic mass is 10.2. The topological polar surface area (TPSA) is 59.8 Å². The van der Waals surface area contributed by atoms with Crippen molar-refractivity contribution in [2.75, 3.05) is 5.32 Å². The third kappa shape index (κ3) is 3.68. The molecule has 0 aliphatic carbocycles. The van der Waals surface area contributed by atoms with Crippen LogP contribution in [0, 0.1) is 6.92 Å². The average molecular weight is 358 g/mol. The number of carbonyl (C=O) groups excluding carboxylic acids is 1. The maximum Gasteiger partial charge on any atom is 0.265 e. The van der Waals surface area contributed by atoms with Crippen molar-refractivity contribution in [1.82, 2.24) is 14.8 Å². The number of hydrogen-bond donors (Lipinski definition) is 1. The van der Waals surface area contributed by atoms with Crippen molar-refractivity contribution < 1.29 is 4.79 Å². The molecule has 0 atom stereocenters. The van der Waals surface area contributed by atoms with E-state index >= 15 is 0 Å². The van der Waals surface area contributed by atoms with Gasteiger partial charge in [0.2, 0.25) is 0 Å². The summed E-state index contributed by atoms with van der Waals surface area (Å²) in [5.74, 6) is -0.0588. The number of nitrogens with zero attached hydrogens (tertiary/aromatic N) is 3. The van der Waals surface area contributed by atoms with Crippen molar-refractivity contribution >= 4 is 34.7 Å². The number of rotatable bonds is 5. The van der Waals surface area contributed by atoms with Crippen LogP contribution < -0.4 is 5.32 Å². The molecule has 1 aromatic carbocycles. The molecule has 24 heavy (non-hydrogen) atoms. The van der Waals surface area contributed by atoms with Crippen molar-refractivity contribution in [3.63, 3.8) is 0 Å². The molecule has 0 radical (unpaired) electrons. The zero-order valence-electron chi connectivity index (χ0n) is 13.7. The van der Waals surface area contributed by atoms with E-state index in [0.717, 1.165) is 27.0 Å². The number of hydrogen-bond acceptors (Lipinski definition) is 5. The third-order valence-corrected chi connectivity index (χ3v) is 6.00. The van der Waals surface area contributed by atoms with Crippen LogP contribution in [0.15, 0.2) is 46.7 Å². The lowest BCUT2D eigenvalue weighted by Crippen LogP contribution is -2.09. The fourth-order valence-electron chi connectivity index (χ4n) is 2.25. The number of benzene rings is 1. The number of carbonyl (C=O) groups is 1. The minimum Gasteiger partial charge on any atom is -0.321 e. The summed E-state index contributed by atoms with van der Waals surface area (Å²) >= 11 is 3.09. The first-order valence-corrected chi connectivity index (χ1v) is 9.22. The number of anilines is 1. The molecule has 0 saturated heterocycles. The Balaban J connectivity index is 1.67. The zero-order valence-corrected chi connectivity index (χ0v) is 15.4. The fraction of sp³-hybridized carbons (Fsp3) is 0.235. The molecule has 124 valence electrons. The fourth-order valence-corrected chi connectivity index (χ4v) is 4.02. The summed E-state index contributed by atoms with van der Waals surface area (Å²) < 4.78 is 1.87. The van der Waals surface area contributed by atoms with Crippen molar-refractivity contribution in [2.24, 2.45) is 7.05 Å². The second-order valence-corrected chi connectivity index (χ2v) is 7.55. The standard InChI is InChI=1S/C17H18N4OS2/c1-4-14-11(2)9-15(24-14)16(22)19-12-5-7-13(8-6-12)23-17-20-18-10-21(17)3/h5-10H,4H2,1-3H3,(H,19,22). The molecule has 0 saturated carbocycles. The maximum absolute atomic E-state index is 12.4. The lowest BCUT2D eigenvalue weighted by Gasteiger charge is -2.05. The predicted octanol–water partition coefficient (Wildman–Crippen LogP) is 4.15. The van der Waals surface area contributed by atoms with Gasteiger partial charge in [-0.05, 0) is 61.0 Å². The first kappa shape index (κ1) is 16.7. The van der Waals surface area contributed by atoms with E-state index < -0.39 is 0 Å². The number of thiophene rings is 1. The van der Waals surface area contributed by atoms with E-state index in [2.05, 4.69) is 22.4 Å². The molecular formula is C17H18N4OS2. The summed E-state index contributed by atoms with van der Waals surface area (Å²) in [5, 5.41) is 11.7. The zero-order chi connectivity index (χ0) is 17.1. The van der Waals surface area contributed by atoms with Crippen LogP contribution in [0.1, 0.15) is 27.0 Å². The highest BCUT2D eigenvalue weighted by Crippen LogP contribution is 2.27. The summed E-state index contributed by atoms with van der Waals surface area (Å²) in [4.78, 5) is 15.4. The molecule has 0 aliphatic heterocycles. The van der Waals surface area contributed by atoms with Gasteiger partial charge in [0.25, 0.3) is 5.91 Å². The molecule has 2 aromatic heterocycles. The highest BCUT2D eigenvalue weighted by atomic mass is 32.2. The second-order valence-electron chi connectivity index (χ2n) is 5.38. The van der Waals surface area contributed by atoms with E-state index in [1.165, 1.54) is 22.2 Å². The Hall–Kier alpha value is -2.12. The monoisotopic (exact) mass is 358 g/mol. The van der Waals surface area contributed by atoms with Gasteiger partial charge in [-0.1, -0.05) is 6.92 Å². The van der Waals surface area contributed by atoms with E-state index in [9.17, 15) is 4.79 Å². The van der Waals surface area contributed by atoms with Crippen molar-refractivity contribution in [1.29, 1.82) is 0 Å². The third-order valence-electron chi connectivity index (χ3n) is 3.56. The Kier molecular flexibility index (Phi) is 5.01. The second kappa shape index (κ2) is 7.19. The summed E-state index contributed by atoms with van der Waals surface area (Å²) in [5.41, 5.74) is 1.97. The van der Waals surface area contributed by atoms with Gasteiger partial charge in [0.1, 0.15) is 6.33 Å². The van der Waals surface area contributed by atoms with Crippen molar-refractivity contribution in [2.45, 2.75) is 30.3 Å². The number of amides is 1. The summed E-state index contributed by atoms with van der Waals surface area (Å²) in [6, 6.07) is 9.69. The first-order chi connectivity index (χ1) is 11.6. The highest BCUT2D eigenvalue weighted by molar-refractivity contribution is 7.99. The van der Waals surface area contributed by atoms with Crippen molar-refractivity contribution in [3.05, 3.63) is 52.0 Å². The molecule has 0 spiro atoms. The van der Waals surface area contributed by atoms with Gasteiger partial charge in [0, 0.05) is 22.5 Å². The molecule has 2 heterocycles. The minimum atomic E-state index is -0.0588. The van der Waals surface area contributed by atoms with Crippen molar-refractivity contribution in [3.8, 4) is 0 Å². The van der Waals surface area contributed by atoms with Crippen LogP contribution in [-0.2, 0) is 13.5 Å². The summed E-state index contributed by atoms with van der Waals surface area (Å²) in [7, 11) is 1.91. The Labute approximate surface area is 149 Å². The SMILES string of the molecule is CCc1sc(C(=O)Nc2ccc(Sc3nncn3C)cc2)cc1C. The molecule has 0 fully saturated rings. The average Bonchev–Trinajstić information content (AvgIpc) is 3.15. The molecule has 3 aromatic rings. The van der Waals surface area contributed by atoms with Gasteiger partial charge < -0.3 is 9.88 Å². The molecule has 5 nitrogen and oxygen atoms in total. The highest BCUT2D eigenvalue weighted by Gasteiger charge is 2.12. The van der Waals surface area contributed by atoms with E-state index in [1.807, 2.05) is 48.9 Å². The van der Waals surface area contributed by atoms with Gasteiger partial charge in [-0.15, -0.1) is 21.5 Å². The molecule has 1 N–H and O–H groups in total. The summed E-state index contributed by atoms with van der Waals surface area (Å²) in [6.07, 6.45) is 2.63. The van der Waals surface area contributed by atoms with Crippen LogP contribution in [0.2, 0.25) is 0 Å². The quantitative estimate of drug-likeness (QED) is 0.744. The lowest BCUT2D eigenvalue weighted by molar-refractivity contribution is 0.103. The van der Waals surface area contributed by atoms with Gasteiger partial charge >= 0.3 is 0 Å². The van der Waals surface area contributed by atoms with E-state index in [1.54, 1.807) is 17.7 Å². The normalized spacial score (nSPS) is 10.8. The van der Waals surface area contributed by atoms with E-state index in [0.29, 0.717) is 0 Å². The van der Waals surface area contributed by atoms with Gasteiger partial charge in [0.15, 0.2) is 5.16 Å². The van der Waals surface area contributed by atoms with Gasteiger partial charge in [-0.2, -0.15) is 0 Å². The molecule has 3 rings (SSSR count). The smallest absolute Gasteiger partial charge is 0.265 e. The minimum absolute atomic E-state index is 0.0588. The van der Waals surface area contributed by atoms with Gasteiger partial charge in [-0.3, -0.25) is 4.79 Å². The van der Waals surface area contributed by atoms with Crippen LogP contribution in [0.3, 0.4) is 0 Å². The Morgan fingerprint density at radius 2 is 2.08 bits per heavy atom. The first-order valence-electron chi connectivity index (χ1n) is 7.59. The molecule has 1 amide bonds. The van der Waals surface area contributed by atoms with Gasteiger partial charge in [0.05, 0.1) is 4.88 Å². The predicted molar refractivity (Wildman–Crippen MR) is 98.0 cm³/mol. The number of aryl methyl sites for hydroxylation is 3. The maximum atomic E-state index is 12.4. The number of aromatic nitrogens is 3. The Bertz CT molecular complexity index is 852. The Morgan fingerprint density at radius 1 is 1.33 bits per heavy atom. The summed E-state index contributed by atoms with van der Waals surface area (Å²) in [6.45, 7) is 4.15. The van der Waals surface area contributed by atoms with Crippen LogP contribution in [0.25, 0.3) is 0 Å². The number of nitrogens with one attached hydrogen (secondary N) is 1. The Morgan fingerprint density at radius 3 is 2.67 bits per heavy atom. The van der Waals surface area contributed by atoms with Gasteiger partial charge in [-0.25, -0.2) is 0 Å². The van der Waals surface area contributed by atoms with Crippen LogP contribution in [0.4, 0.5) is 5.69 Å². The van der Waals surface area contributed by atoms with Crippen LogP contribution in [-0.4, -0.2) is 20.7 Å². The van der Waals surface area contributed by atoms with Crippen LogP contribution in [0.5, 0.6) is 0 Å². The molecule has 7 heteroatoms. The molecule has 0 bridgehead atoms. The van der Waals surface area contributed by atoms with E-state index in [-0.39, 0.29) is 5.91 Å².